The number of alkyl halides is 6. The maximum Gasteiger partial charge on any atom is 0.471 e. The minimum absolute atomic E-state index is 0.0189. The molecule has 0 aromatic heterocycles. The number of hydrogen-bond donors (Lipinski definition) is 1. The van der Waals surface area contributed by atoms with Crippen molar-refractivity contribution in [2.24, 2.45) is 0 Å². The molecule has 2 aromatic carbocycles. The second-order valence-corrected chi connectivity index (χ2v) is 14.0. The molecule has 2 aromatic rings. The average molecular weight is 678 g/mol. The second kappa shape index (κ2) is 13.0. The van der Waals surface area contributed by atoms with Crippen LogP contribution in [0, 0.1) is 0 Å². The summed E-state index contributed by atoms with van der Waals surface area (Å²) in [5, 5.41) is 0. The summed E-state index contributed by atoms with van der Waals surface area (Å²) in [6.07, 6.45) is -8.07. The lowest BCUT2D eigenvalue weighted by Crippen LogP contribution is -2.40. The summed E-state index contributed by atoms with van der Waals surface area (Å²) >= 11 is 0. The van der Waals surface area contributed by atoms with Crippen LogP contribution >= 0.6 is 10.7 Å². The fourth-order valence-corrected chi connectivity index (χ4v) is 6.38. The van der Waals surface area contributed by atoms with Gasteiger partial charge in [0.1, 0.15) is 0 Å². The van der Waals surface area contributed by atoms with Crippen LogP contribution in [-0.2, 0) is 28.7 Å². The Hall–Kier alpha value is -2.89. The molecule has 0 bridgehead atoms. The van der Waals surface area contributed by atoms with E-state index in [4.69, 9.17) is 10.7 Å². The normalized spacial score (nSPS) is 19.6. The van der Waals surface area contributed by atoms with Gasteiger partial charge in [-0.1, -0.05) is 24.3 Å². The summed E-state index contributed by atoms with van der Waals surface area (Å²) in [6.45, 7) is 0.0676. The Bertz CT molecular complexity index is 1530. The van der Waals surface area contributed by atoms with Gasteiger partial charge in [0.05, 0.1) is 21.9 Å². The number of benzene rings is 2. The highest BCUT2D eigenvalue weighted by Gasteiger charge is 2.47. The van der Waals surface area contributed by atoms with Gasteiger partial charge < -0.3 is 9.80 Å². The number of likely N-dealkylation sites (tertiary alicyclic amines) is 2. The van der Waals surface area contributed by atoms with Gasteiger partial charge >= 0.3 is 24.2 Å². The Balaban J connectivity index is 0.000000236. The van der Waals surface area contributed by atoms with Crippen molar-refractivity contribution in [2.75, 3.05) is 20.1 Å². The van der Waals surface area contributed by atoms with Crippen LogP contribution in [0.1, 0.15) is 48.9 Å². The molecule has 43 heavy (non-hydrogen) atoms. The van der Waals surface area contributed by atoms with Crippen molar-refractivity contribution < 1.29 is 52.8 Å². The summed E-state index contributed by atoms with van der Waals surface area (Å²) in [5.41, 5.74) is 0.944. The average Bonchev–Trinajstić information content (AvgIpc) is 3.61. The van der Waals surface area contributed by atoms with Crippen molar-refractivity contribution in [3.8, 4) is 0 Å². The SMILES string of the molecule is CNS(=O)(=O)c1ccc(C2CCCN2C(=O)C(F)(F)F)cc1.O=C(N1CCCC1c1ccc(S(=O)(=O)Cl)cc1)C(F)(F)F. The topological polar surface area (TPSA) is 121 Å². The zero-order valence-electron chi connectivity index (χ0n) is 22.3. The number of sulfonamides is 1. The Labute approximate surface area is 248 Å². The highest BCUT2D eigenvalue weighted by atomic mass is 35.7. The van der Waals surface area contributed by atoms with Crippen LogP contribution in [-0.4, -0.2) is 70.9 Å². The predicted octanol–water partition coefficient (Wildman–Crippen LogP) is 4.66. The largest absolute Gasteiger partial charge is 0.471 e. The molecule has 4 rings (SSSR count). The van der Waals surface area contributed by atoms with Crippen molar-refractivity contribution in [3.63, 3.8) is 0 Å². The summed E-state index contributed by atoms with van der Waals surface area (Å²) < 4.78 is 123. The van der Waals surface area contributed by atoms with E-state index < -0.39 is 55.3 Å². The summed E-state index contributed by atoms with van der Waals surface area (Å²) in [7, 11) is -1.05. The van der Waals surface area contributed by atoms with E-state index in [0.717, 1.165) is 9.80 Å². The van der Waals surface area contributed by atoms with E-state index in [1.807, 2.05) is 0 Å². The monoisotopic (exact) mass is 677 g/mol. The third kappa shape index (κ3) is 8.39. The molecule has 2 amide bonds. The van der Waals surface area contributed by atoms with Gasteiger partial charge in [-0.25, -0.2) is 21.6 Å². The van der Waals surface area contributed by atoms with Gasteiger partial charge in [0.15, 0.2) is 0 Å². The van der Waals surface area contributed by atoms with E-state index in [2.05, 4.69) is 4.72 Å². The third-order valence-corrected chi connectivity index (χ3v) is 9.70. The second-order valence-electron chi connectivity index (χ2n) is 9.59. The number of nitrogens with one attached hydrogen (secondary N) is 1. The van der Waals surface area contributed by atoms with Crippen LogP contribution < -0.4 is 4.72 Å². The summed E-state index contributed by atoms with van der Waals surface area (Å²) in [6, 6.07) is 9.31. The number of hydrogen-bond acceptors (Lipinski definition) is 6. The highest BCUT2D eigenvalue weighted by molar-refractivity contribution is 8.13. The van der Waals surface area contributed by atoms with Crippen LogP contribution in [0.25, 0.3) is 0 Å². The lowest BCUT2D eigenvalue weighted by Gasteiger charge is -2.26. The molecule has 2 unspecified atom stereocenters. The molecule has 2 aliphatic rings. The molecule has 18 heteroatoms. The zero-order valence-corrected chi connectivity index (χ0v) is 24.7. The minimum atomic E-state index is -4.91. The van der Waals surface area contributed by atoms with Crippen LogP contribution in [0.2, 0.25) is 0 Å². The van der Waals surface area contributed by atoms with E-state index in [9.17, 15) is 52.8 Å². The van der Waals surface area contributed by atoms with Crippen molar-refractivity contribution in [2.45, 2.75) is 59.9 Å². The Morgan fingerprint density at radius 3 is 1.37 bits per heavy atom. The first-order valence-corrected chi connectivity index (χ1v) is 16.4. The van der Waals surface area contributed by atoms with E-state index >= 15 is 0 Å². The van der Waals surface area contributed by atoms with Gasteiger partial charge in [-0.3, -0.25) is 9.59 Å². The molecular formula is C25H26ClF6N3O6S2. The first-order chi connectivity index (χ1) is 19.8. The number of carbonyl (C=O) groups is 2. The quantitative estimate of drug-likeness (QED) is 0.363. The van der Waals surface area contributed by atoms with Crippen LogP contribution in [0.5, 0.6) is 0 Å². The van der Waals surface area contributed by atoms with Gasteiger partial charge in [0.25, 0.3) is 9.05 Å². The molecule has 0 spiro atoms. The van der Waals surface area contributed by atoms with Crippen LogP contribution in [0.4, 0.5) is 26.3 Å². The molecule has 0 aliphatic carbocycles. The van der Waals surface area contributed by atoms with E-state index in [0.29, 0.717) is 36.8 Å². The molecule has 1 N–H and O–H groups in total. The number of carbonyl (C=O) groups excluding carboxylic acids is 2. The van der Waals surface area contributed by atoms with Gasteiger partial charge in [0.2, 0.25) is 10.0 Å². The van der Waals surface area contributed by atoms with E-state index in [-0.39, 0.29) is 22.9 Å². The molecule has 9 nitrogen and oxygen atoms in total. The van der Waals surface area contributed by atoms with Crippen molar-refractivity contribution in [1.29, 1.82) is 0 Å². The number of nitrogens with zero attached hydrogens (tertiary/aromatic N) is 2. The third-order valence-electron chi connectivity index (χ3n) is 6.90. The van der Waals surface area contributed by atoms with Gasteiger partial charge in [-0.15, -0.1) is 0 Å². The lowest BCUT2D eigenvalue weighted by atomic mass is 10.0. The molecule has 0 radical (unpaired) electrons. The maximum atomic E-state index is 12.6. The number of rotatable bonds is 5. The smallest absolute Gasteiger partial charge is 0.328 e. The van der Waals surface area contributed by atoms with Crippen molar-refractivity contribution in [3.05, 3.63) is 59.7 Å². The molecule has 2 atom stereocenters. The van der Waals surface area contributed by atoms with Gasteiger partial charge in [0, 0.05) is 23.8 Å². The molecule has 2 heterocycles. The lowest BCUT2D eigenvalue weighted by molar-refractivity contribution is -0.186. The molecule has 2 aliphatic heterocycles. The molecule has 238 valence electrons. The van der Waals surface area contributed by atoms with E-state index in [1.165, 1.54) is 55.6 Å². The summed E-state index contributed by atoms with van der Waals surface area (Å²) in [4.78, 5) is 24.2. The number of amides is 2. The predicted molar refractivity (Wildman–Crippen MR) is 142 cm³/mol. The van der Waals surface area contributed by atoms with Crippen molar-refractivity contribution >= 4 is 41.6 Å². The molecule has 0 saturated carbocycles. The Kier molecular flexibility index (Phi) is 10.5. The Morgan fingerprint density at radius 2 is 1.07 bits per heavy atom. The van der Waals surface area contributed by atoms with Crippen LogP contribution in [0.15, 0.2) is 58.3 Å². The number of halogens is 7. The zero-order chi connectivity index (χ0) is 32.4. The molecule has 2 saturated heterocycles. The Morgan fingerprint density at radius 1 is 0.721 bits per heavy atom. The fourth-order valence-electron chi connectivity index (χ4n) is 4.88. The van der Waals surface area contributed by atoms with Gasteiger partial charge in [-0.2, -0.15) is 26.3 Å². The van der Waals surface area contributed by atoms with Crippen molar-refractivity contribution in [1.82, 2.24) is 14.5 Å². The summed E-state index contributed by atoms with van der Waals surface area (Å²) in [5.74, 6) is -3.74. The maximum absolute atomic E-state index is 12.6. The van der Waals surface area contributed by atoms with Crippen LogP contribution in [0.3, 0.4) is 0 Å². The van der Waals surface area contributed by atoms with Gasteiger partial charge in [-0.05, 0) is 68.1 Å². The fraction of sp³-hybridized carbons (Fsp3) is 0.440. The standard InChI is InChI=1S/C13H15F3N2O3S.C12H11ClF3NO3S/c1-17-22(20,21)10-6-4-9(5-7-10)11-3-2-8-18(11)12(19)13(14,15)16;13-21(19,20)9-5-3-8(4-6-9)10-2-1-7-17(10)11(18)12(14,15)16/h4-7,11,17H,2-3,8H2,1H3;3-6,10H,1-2,7H2. The highest BCUT2D eigenvalue weighted by Crippen LogP contribution is 2.37. The first-order valence-electron chi connectivity index (χ1n) is 12.6. The van der Waals surface area contributed by atoms with E-state index in [1.54, 1.807) is 0 Å². The minimum Gasteiger partial charge on any atom is -0.328 e. The molecule has 2 fully saturated rings. The molecular weight excluding hydrogens is 652 g/mol. The first kappa shape index (κ1) is 34.6.